The fourth-order valence-electron chi connectivity index (χ4n) is 1.83. The maximum atomic E-state index is 10.9. The quantitative estimate of drug-likeness (QED) is 0.588. The third-order valence-electron chi connectivity index (χ3n) is 2.97. The van der Waals surface area contributed by atoms with Crippen LogP contribution in [-0.4, -0.2) is 32.8 Å². The van der Waals surface area contributed by atoms with Gasteiger partial charge in [-0.3, -0.25) is 9.36 Å². The SMILES string of the molecule is Cc1ccc(C)c(P(=O)(O)O)c1.O=C1CC[C@H](C(=O)O)N1. The van der Waals surface area contributed by atoms with Gasteiger partial charge in [0.1, 0.15) is 6.04 Å². The van der Waals surface area contributed by atoms with Crippen molar-refractivity contribution >= 4 is 24.8 Å². The van der Waals surface area contributed by atoms with Gasteiger partial charge in [-0.2, -0.15) is 0 Å². The third kappa shape index (κ3) is 5.30. The molecule has 0 spiro atoms. The molecule has 1 fully saturated rings. The molecule has 1 amide bonds. The van der Waals surface area contributed by atoms with E-state index in [1.54, 1.807) is 19.9 Å². The fraction of sp³-hybridized carbons (Fsp3) is 0.385. The van der Waals surface area contributed by atoms with Gasteiger partial charge in [0.15, 0.2) is 0 Å². The second-order valence-electron chi connectivity index (χ2n) is 4.83. The number of carboxylic acid groups (broad SMARTS) is 1. The molecule has 2 rings (SSSR count). The van der Waals surface area contributed by atoms with E-state index in [2.05, 4.69) is 5.32 Å². The number of carbonyl (C=O) groups is 2. The summed E-state index contributed by atoms with van der Waals surface area (Å²) < 4.78 is 10.9. The van der Waals surface area contributed by atoms with E-state index in [1.165, 1.54) is 6.07 Å². The normalized spacial score (nSPS) is 17.7. The highest BCUT2D eigenvalue weighted by Crippen LogP contribution is 2.34. The molecule has 21 heavy (non-hydrogen) atoms. The van der Waals surface area contributed by atoms with Gasteiger partial charge in [-0.1, -0.05) is 17.7 Å². The fourth-order valence-corrected chi connectivity index (χ4v) is 2.74. The number of carboxylic acids is 1. The Kier molecular flexibility index (Phi) is 5.66. The van der Waals surface area contributed by atoms with E-state index >= 15 is 0 Å². The van der Waals surface area contributed by atoms with E-state index in [9.17, 15) is 14.2 Å². The van der Waals surface area contributed by atoms with Crippen molar-refractivity contribution in [3.05, 3.63) is 29.3 Å². The zero-order valence-corrected chi connectivity index (χ0v) is 12.6. The molecule has 1 aliphatic rings. The Morgan fingerprint density at radius 1 is 1.33 bits per heavy atom. The Hall–Kier alpha value is -1.69. The van der Waals surface area contributed by atoms with Gasteiger partial charge in [0.05, 0.1) is 5.30 Å². The molecule has 1 aromatic carbocycles. The number of benzene rings is 1. The van der Waals surface area contributed by atoms with Gasteiger partial charge in [0.25, 0.3) is 0 Å². The summed E-state index contributed by atoms with van der Waals surface area (Å²) in [5.74, 6) is -1.11. The first-order valence-corrected chi connectivity index (χ1v) is 7.88. The number of carbonyl (C=O) groups excluding carboxylic acids is 1. The molecule has 0 saturated carbocycles. The number of aryl methyl sites for hydroxylation is 2. The highest BCUT2D eigenvalue weighted by atomic mass is 31.2. The van der Waals surface area contributed by atoms with E-state index in [0.717, 1.165) is 5.56 Å². The molecule has 0 aliphatic carbocycles. The summed E-state index contributed by atoms with van der Waals surface area (Å²) in [6, 6.07) is 4.42. The zero-order valence-electron chi connectivity index (χ0n) is 11.7. The van der Waals surface area contributed by atoms with Crippen molar-refractivity contribution in [1.29, 1.82) is 0 Å². The maximum Gasteiger partial charge on any atom is 0.356 e. The van der Waals surface area contributed by atoms with E-state index in [-0.39, 0.29) is 11.2 Å². The lowest BCUT2D eigenvalue weighted by Gasteiger charge is -2.07. The van der Waals surface area contributed by atoms with Crippen molar-refractivity contribution in [3.63, 3.8) is 0 Å². The van der Waals surface area contributed by atoms with E-state index in [4.69, 9.17) is 14.9 Å². The minimum Gasteiger partial charge on any atom is -0.480 e. The minimum atomic E-state index is -4.08. The van der Waals surface area contributed by atoms with E-state index in [1.807, 2.05) is 6.07 Å². The van der Waals surface area contributed by atoms with Crippen LogP contribution in [0.4, 0.5) is 0 Å². The van der Waals surface area contributed by atoms with Gasteiger partial charge >= 0.3 is 13.6 Å². The first kappa shape index (κ1) is 17.4. The lowest BCUT2D eigenvalue weighted by molar-refractivity contribution is -0.140. The highest BCUT2D eigenvalue weighted by molar-refractivity contribution is 7.60. The second kappa shape index (κ2) is 6.85. The van der Waals surface area contributed by atoms with Gasteiger partial charge in [0, 0.05) is 6.42 Å². The van der Waals surface area contributed by atoms with Crippen molar-refractivity contribution in [1.82, 2.24) is 5.32 Å². The summed E-state index contributed by atoms with van der Waals surface area (Å²) in [6.45, 7) is 3.49. The molecule has 1 aromatic rings. The first-order valence-electron chi connectivity index (χ1n) is 6.27. The molecule has 0 radical (unpaired) electrons. The molecule has 0 unspecified atom stereocenters. The standard InChI is InChI=1S/C8H11O3P.C5H7NO3/c1-6-3-4-7(2)8(5-6)12(9,10)11;7-4-2-1-3(6-4)5(8)9/h3-5H,1-2H3,(H2,9,10,11);3H,1-2H2,(H,6,7)(H,8,9)/t;3-/m.1/s1. The molecule has 4 N–H and O–H groups in total. The van der Waals surface area contributed by atoms with Crippen molar-refractivity contribution < 1.29 is 29.0 Å². The molecule has 1 atom stereocenters. The Bertz CT molecular complexity index is 594. The molecule has 1 heterocycles. The number of rotatable bonds is 2. The van der Waals surface area contributed by atoms with Crippen LogP contribution in [0.2, 0.25) is 0 Å². The smallest absolute Gasteiger partial charge is 0.356 e. The van der Waals surface area contributed by atoms with E-state index in [0.29, 0.717) is 18.4 Å². The number of amides is 1. The van der Waals surface area contributed by atoms with Crippen molar-refractivity contribution in [2.45, 2.75) is 32.7 Å². The van der Waals surface area contributed by atoms with Crippen LogP contribution in [-0.2, 0) is 14.2 Å². The molecule has 116 valence electrons. The van der Waals surface area contributed by atoms with Crippen LogP contribution in [0, 0.1) is 13.8 Å². The summed E-state index contributed by atoms with van der Waals surface area (Å²) in [4.78, 5) is 38.3. The topological polar surface area (TPSA) is 124 Å². The second-order valence-corrected chi connectivity index (χ2v) is 6.40. The third-order valence-corrected chi connectivity index (χ3v) is 4.08. The Morgan fingerprint density at radius 3 is 2.29 bits per heavy atom. The van der Waals surface area contributed by atoms with Crippen LogP contribution >= 0.6 is 7.60 Å². The predicted molar refractivity (Wildman–Crippen MR) is 76.4 cm³/mol. The molecule has 1 aliphatic heterocycles. The Labute approximate surface area is 122 Å². The Balaban J connectivity index is 0.000000219. The molecular weight excluding hydrogens is 297 g/mol. The largest absolute Gasteiger partial charge is 0.480 e. The van der Waals surface area contributed by atoms with E-state index < -0.39 is 19.6 Å². The van der Waals surface area contributed by atoms with Gasteiger partial charge in [0.2, 0.25) is 5.91 Å². The summed E-state index contributed by atoms with van der Waals surface area (Å²) in [6.07, 6.45) is 0.769. The zero-order chi connectivity index (χ0) is 16.2. The monoisotopic (exact) mass is 315 g/mol. The number of aliphatic carboxylic acids is 1. The van der Waals surface area contributed by atoms with Gasteiger partial charge < -0.3 is 20.2 Å². The van der Waals surface area contributed by atoms with Gasteiger partial charge in [-0.05, 0) is 31.9 Å². The first-order chi connectivity index (χ1) is 9.61. The lowest BCUT2D eigenvalue weighted by Crippen LogP contribution is -2.32. The number of nitrogens with one attached hydrogen (secondary N) is 1. The van der Waals surface area contributed by atoms with Crippen LogP contribution in [0.25, 0.3) is 0 Å². The predicted octanol–water partition coefficient (Wildman–Crippen LogP) is 0.456. The van der Waals surface area contributed by atoms with Crippen molar-refractivity contribution in [2.75, 3.05) is 0 Å². The van der Waals surface area contributed by atoms with Gasteiger partial charge in [-0.25, -0.2) is 4.79 Å². The van der Waals surface area contributed by atoms with Crippen molar-refractivity contribution in [3.8, 4) is 0 Å². The average Bonchev–Trinajstić information content (AvgIpc) is 2.79. The lowest BCUT2D eigenvalue weighted by atomic mass is 10.2. The Morgan fingerprint density at radius 2 is 1.95 bits per heavy atom. The average molecular weight is 315 g/mol. The maximum absolute atomic E-state index is 10.9. The minimum absolute atomic E-state index is 0.127. The molecule has 0 aromatic heterocycles. The molecule has 0 bridgehead atoms. The summed E-state index contributed by atoms with van der Waals surface area (Å²) in [5.41, 5.74) is 1.49. The molecule has 7 nitrogen and oxygen atoms in total. The van der Waals surface area contributed by atoms with Crippen molar-refractivity contribution in [2.24, 2.45) is 0 Å². The summed E-state index contributed by atoms with van der Waals surface area (Å²) in [5, 5.41) is 10.8. The number of hydrogen-bond donors (Lipinski definition) is 4. The molecule has 1 saturated heterocycles. The number of hydrogen-bond acceptors (Lipinski definition) is 3. The summed E-state index contributed by atoms with van der Waals surface area (Å²) >= 11 is 0. The molecule has 8 heteroatoms. The summed E-state index contributed by atoms with van der Waals surface area (Å²) in [7, 11) is -4.08. The van der Waals surface area contributed by atoms with Crippen LogP contribution < -0.4 is 10.6 Å². The van der Waals surface area contributed by atoms with Crippen LogP contribution in [0.3, 0.4) is 0 Å². The van der Waals surface area contributed by atoms with Gasteiger partial charge in [-0.15, -0.1) is 0 Å². The molecular formula is C13H18NO6P. The van der Waals surface area contributed by atoms with Crippen LogP contribution in [0.1, 0.15) is 24.0 Å². The highest BCUT2D eigenvalue weighted by Gasteiger charge is 2.26. The van der Waals surface area contributed by atoms with Crippen LogP contribution in [0.15, 0.2) is 18.2 Å². The van der Waals surface area contributed by atoms with Crippen LogP contribution in [0.5, 0.6) is 0 Å².